The zero-order valence-corrected chi connectivity index (χ0v) is 21.6. The number of amides is 1. The van der Waals surface area contributed by atoms with Gasteiger partial charge in [-0.25, -0.2) is 15.1 Å². The van der Waals surface area contributed by atoms with Crippen LogP contribution in [-0.2, 0) is 14.1 Å². The molecule has 1 amide bonds. The Hall–Kier alpha value is -1.63. The van der Waals surface area contributed by atoms with Crippen LogP contribution in [0.5, 0.6) is 0 Å². The van der Waals surface area contributed by atoms with Gasteiger partial charge in [0.25, 0.3) is 5.96 Å². The molecular formula is C21H40BClN6O5. The van der Waals surface area contributed by atoms with Crippen molar-refractivity contribution in [1.29, 1.82) is 0 Å². The van der Waals surface area contributed by atoms with Crippen molar-refractivity contribution in [3.05, 3.63) is 10.1 Å². The fraction of sp³-hybridized carbons (Fsp3) is 0.905. The average Bonchev–Trinajstić information content (AvgIpc) is 3.06. The molecule has 1 saturated heterocycles. The van der Waals surface area contributed by atoms with Gasteiger partial charge in [0.1, 0.15) is 0 Å². The number of nitrogens with one attached hydrogen (secondary N) is 2. The van der Waals surface area contributed by atoms with Gasteiger partial charge in [-0.15, -0.1) is 12.4 Å². The first-order chi connectivity index (χ1) is 15.3. The lowest BCUT2D eigenvalue weighted by molar-refractivity contribution is -0.525. The van der Waals surface area contributed by atoms with Crippen molar-refractivity contribution in [2.75, 3.05) is 6.54 Å². The highest BCUT2D eigenvalue weighted by atomic mass is 35.5. The Bertz CT molecular complexity index is 787. The van der Waals surface area contributed by atoms with E-state index in [9.17, 15) is 14.9 Å². The van der Waals surface area contributed by atoms with Crippen LogP contribution in [0, 0.1) is 33.3 Å². The van der Waals surface area contributed by atoms with E-state index in [-0.39, 0.29) is 53.9 Å². The Morgan fingerprint density at radius 2 is 2.00 bits per heavy atom. The van der Waals surface area contributed by atoms with Gasteiger partial charge >= 0.3 is 7.12 Å². The largest absolute Gasteiger partial charge is 0.481 e. The molecule has 0 aromatic heterocycles. The Labute approximate surface area is 208 Å². The summed E-state index contributed by atoms with van der Waals surface area (Å²) < 4.78 is 13.0. The summed E-state index contributed by atoms with van der Waals surface area (Å²) in [6, 6.07) is -0.731. The first kappa shape index (κ1) is 28.6. The minimum Gasteiger partial charge on any atom is -0.404 e. The van der Waals surface area contributed by atoms with Crippen LogP contribution >= 0.6 is 12.4 Å². The van der Waals surface area contributed by atoms with E-state index in [0.717, 1.165) is 12.8 Å². The molecule has 0 aromatic carbocycles. The lowest BCUT2D eigenvalue weighted by atomic mass is 9.43. The van der Waals surface area contributed by atoms with E-state index in [0.29, 0.717) is 30.6 Å². The van der Waals surface area contributed by atoms with Crippen molar-refractivity contribution >= 4 is 31.4 Å². The maximum atomic E-state index is 12.8. The Balaban J connectivity index is 0.00000408. The molecule has 4 rings (SSSR count). The van der Waals surface area contributed by atoms with Gasteiger partial charge in [0.05, 0.1) is 23.7 Å². The fourth-order valence-electron chi connectivity index (χ4n) is 5.88. The quantitative estimate of drug-likeness (QED) is 0.0868. The molecule has 2 bridgehead atoms. The van der Waals surface area contributed by atoms with Gasteiger partial charge < -0.3 is 26.1 Å². The van der Waals surface area contributed by atoms with E-state index in [1.54, 1.807) is 5.43 Å². The number of guanidine groups is 1. The number of nitrogens with zero attached hydrogens (tertiary/aromatic N) is 2. The monoisotopic (exact) mass is 502 g/mol. The van der Waals surface area contributed by atoms with Gasteiger partial charge in [-0.1, -0.05) is 33.1 Å². The minimum atomic E-state index is -0.777. The second-order valence-corrected chi connectivity index (χ2v) is 11.0. The first-order valence-corrected chi connectivity index (χ1v) is 11.9. The van der Waals surface area contributed by atoms with Crippen molar-refractivity contribution in [2.24, 2.45) is 39.6 Å². The maximum Gasteiger partial charge on any atom is 0.481 e. The number of nitro groups is 1. The smallest absolute Gasteiger partial charge is 0.404 e. The second-order valence-electron chi connectivity index (χ2n) is 11.0. The second kappa shape index (κ2) is 11.0. The highest BCUT2D eigenvalue weighted by Gasteiger charge is 2.68. The third-order valence-electron chi connectivity index (χ3n) is 7.85. The molecule has 3 saturated carbocycles. The number of hydrogen-bond donors (Lipinski definition) is 4. The van der Waals surface area contributed by atoms with Crippen LogP contribution in [0.2, 0.25) is 0 Å². The molecule has 0 unspecified atom stereocenters. The SMILES string of the molecule is CC(C)C[C@H](NC(=O)[C@@H](N)CCCN=C(N)N[N+](=O)[O-])B1O[C@@H]2C[C@@H]3C[C@@H](C3(C)C)[C@]2(C)O1.Cl. The van der Waals surface area contributed by atoms with Crippen LogP contribution in [-0.4, -0.2) is 54.3 Å². The summed E-state index contributed by atoms with van der Waals surface area (Å²) in [7, 11) is -0.494. The van der Waals surface area contributed by atoms with Crippen molar-refractivity contribution in [2.45, 2.75) is 90.4 Å². The Kier molecular flexibility index (Phi) is 9.23. The fourth-order valence-corrected chi connectivity index (χ4v) is 5.88. The molecule has 4 fully saturated rings. The van der Waals surface area contributed by atoms with Gasteiger partial charge in [0.15, 0.2) is 5.03 Å². The highest BCUT2D eigenvalue weighted by molar-refractivity contribution is 6.47. The predicted octanol–water partition coefficient (Wildman–Crippen LogP) is 1.41. The normalized spacial score (nSPS) is 31.1. The van der Waals surface area contributed by atoms with Crippen molar-refractivity contribution < 1.29 is 19.1 Å². The van der Waals surface area contributed by atoms with Gasteiger partial charge in [-0.05, 0) is 62.2 Å². The number of carbonyl (C=O) groups excluding carboxylic acids is 1. The highest BCUT2D eigenvalue weighted by Crippen LogP contribution is 2.65. The maximum absolute atomic E-state index is 12.8. The zero-order chi connectivity index (χ0) is 24.6. The molecule has 194 valence electrons. The predicted molar refractivity (Wildman–Crippen MR) is 133 cm³/mol. The summed E-state index contributed by atoms with van der Waals surface area (Å²) in [5.41, 5.74) is 13.2. The van der Waals surface area contributed by atoms with Crippen LogP contribution in [0.4, 0.5) is 0 Å². The molecule has 34 heavy (non-hydrogen) atoms. The summed E-state index contributed by atoms with van der Waals surface area (Å²) in [6.07, 6.45) is 3.78. The van der Waals surface area contributed by atoms with Gasteiger partial charge in [0.2, 0.25) is 5.91 Å². The summed E-state index contributed by atoms with van der Waals surface area (Å²) in [5, 5.41) is 12.6. The lowest BCUT2D eigenvalue weighted by Crippen LogP contribution is -2.65. The topological polar surface area (TPSA) is 167 Å². The molecule has 0 radical (unpaired) electrons. The molecule has 6 atom stereocenters. The van der Waals surface area contributed by atoms with Crippen LogP contribution < -0.4 is 22.2 Å². The van der Waals surface area contributed by atoms with Crippen molar-refractivity contribution in [3.63, 3.8) is 0 Å². The van der Waals surface area contributed by atoms with E-state index >= 15 is 0 Å². The number of halogens is 1. The van der Waals surface area contributed by atoms with Gasteiger partial charge in [0, 0.05) is 6.54 Å². The molecule has 11 nitrogen and oxygen atoms in total. The lowest BCUT2D eigenvalue weighted by Gasteiger charge is -2.64. The number of hydrazine groups is 1. The molecule has 1 aliphatic heterocycles. The van der Waals surface area contributed by atoms with Gasteiger partial charge in [-0.2, -0.15) is 0 Å². The molecule has 6 N–H and O–H groups in total. The molecular weight excluding hydrogens is 463 g/mol. The Morgan fingerprint density at radius 3 is 2.59 bits per heavy atom. The number of nitrogens with two attached hydrogens (primary N) is 2. The number of rotatable bonds is 10. The average molecular weight is 503 g/mol. The Morgan fingerprint density at radius 1 is 1.32 bits per heavy atom. The van der Waals surface area contributed by atoms with E-state index < -0.39 is 18.2 Å². The summed E-state index contributed by atoms with van der Waals surface area (Å²) in [5.74, 6) is 0.621. The minimum absolute atomic E-state index is 0. The van der Waals surface area contributed by atoms with Crippen LogP contribution in [0.15, 0.2) is 4.99 Å². The molecule has 0 aromatic rings. The zero-order valence-electron chi connectivity index (χ0n) is 20.8. The molecule has 4 aliphatic rings. The summed E-state index contributed by atoms with van der Waals surface area (Å²) in [6.45, 7) is 11.2. The van der Waals surface area contributed by atoms with Crippen molar-refractivity contribution in [3.8, 4) is 0 Å². The van der Waals surface area contributed by atoms with E-state index in [4.69, 9.17) is 20.8 Å². The summed E-state index contributed by atoms with van der Waals surface area (Å²) in [4.78, 5) is 27.0. The number of hydrogen-bond acceptors (Lipinski definition) is 7. The van der Waals surface area contributed by atoms with E-state index in [1.807, 2.05) is 0 Å². The molecule has 13 heteroatoms. The third kappa shape index (κ3) is 5.95. The third-order valence-corrected chi connectivity index (χ3v) is 7.85. The van der Waals surface area contributed by atoms with E-state index in [2.05, 4.69) is 44.9 Å². The van der Waals surface area contributed by atoms with Gasteiger partial charge in [-0.3, -0.25) is 4.79 Å². The first-order valence-electron chi connectivity index (χ1n) is 11.9. The summed E-state index contributed by atoms with van der Waals surface area (Å²) >= 11 is 0. The standard InChI is InChI=1S/C21H39BN6O5.ClH/c1-12(2)9-17(26-18(29)14(23)7-6-8-25-19(24)27-28(30)31)22-32-16-11-13-10-15(20(13,3)4)21(16,5)33-22;/h12-17H,6-11,23H2,1-5H3,(H,26,29)(H3,24,25,27);1H/t13-,14-,15-,16+,17-,21-;/m0./s1. The molecule has 0 spiro atoms. The van der Waals surface area contributed by atoms with Crippen LogP contribution in [0.1, 0.15) is 66.7 Å². The van der Waals surface area contributed by atoms with Crippen molar-refractivity contribution in [1.82, 2.24) is 10.7 Å². The number of carbonyl (C=O) groups is 1. The molecule has 3 aliphatic carbocycles. The number of aliphatic imine (C=N–C) groups is 1. The van der Waals surface area contributed by atoms with Crippen LogP contribution in [0.25, 0.3) is 0 Å². The van der Waals surface area contributed by atoms with Crippen LogP contribution in [0.3, 0.4) is 0 Å². The molecule has 1 heterocycles. The van der Waals surface area contributed by atoms with E-state index in [1.165, 1.54) is 6.42 Å².